The van der Waals surface area contributed by atoms with Gasteiger partial charge in [-0.15, -0.1) is 24.8 Å². The number of halogens is 8. The lowest BCUT2D eigenvalue weighted by Crippen LogP contribution is -2.49. The molecule has 0 spiro atoms. The zero-order chi connectivity index (χ0) is 17.3. The summed E-state index contributed by atoms with van der Waals surface area (Å²) in [7, 11) is 1.16. The monoisotopic (exact) mass is 414 g/mol. The fraction of sp³-hybridized carbons (Fsp3) is 0.571. The van der Waals surface area contributed by atoms with Crippen molar-refractivity contribution in [3.8, 4) is 5.75 Å². The predicted octanol–water partition coefficient (Wildman–Crippen LogP) is 4.07. The van der Waals surface area contributed by atoms with Crippen molar-refractivity contribution < 1.29 is 31.1 Å². The third-order valence-corrected chi connectivity index (χ3v) is 3.69. The van der Waals surface area contributed by atoms with Crippen LogP contribution in [0.1, 0.15) is 17.2 Å². The average molecular weight is 415 g/mol. The number of nitrogens with one attached hydrogen (secondary N) is 1. The van der Waals surface area contributed by atoms with Crippen LogP contribution in [0.4, 0.5) is 26.3 Å². The van der Waals surface area contributed by atoms with Gasteiger partial charge in [0, 0.05) is 26.2 Å². The van der Waals surface area contributed by atoms with E-state index in [0.717, 1.165) is 24.1 Å². The Bertz CT molecular complexity index is 547. The van der Waals surface area contributed by atoms with Crippen LogP contribution in [0.3, 0.4) is 0 Å². The number of hydrogen-bond acceptors (Lipinski definition) is 3. The molecule has 0 unspecified atom stereocenters. The highest BCUT2D eigenvalue weighted by Gasteiger charge is 2.48. The summed E-state index contributed by atoms with van der Waals surface area (Å²) in [6.45, 7) is 0.634. The predicted molar refractivity (Wildman–Crippen MR) is 85.7 cm³/mol. The Labute approximate surface area is 153 Å². The highest BCUT2D eigenvalue weighted by molar-refractivity contribution is 5.85. The highest BCUT2D eigenvalue weighted by atomic mass is 35.5. The number of hydrogen-bond donors (Lipinski definition) is 1. The summed E-state index contributed by atoms with van der Waals surface area (Å²) in [5, 5.41) is 2.88. The third-order valence-electron chi connectivity index (χ3n) is 3.69. The minimum absolute atomic E-state index is 0. The van der Waals surface area contributed by atoms with Gasteiger partial charge in [-0.2, -0.15) is 26.3 Å². The van der Waals surface area contributed by atoms with Gasteiger partial charge in [0.1, 0.15) is 11.8 Å². The summed E-state index contributed by atoms with van der Waals surface area (Å²) in [5.74, 6) is -0.137. The van der Waals surface area contributed by atoms with E-state index in [1.54, 1.807) is 0 Å². The Morgan fingerprint density at radius 3 is 2.04 bits per heavy atom. The summed E-state index contributed by atoms with van der Waals surface area (Å²) >= 11 is 0. The summed E-state index contributed by atoms with van der Waals surface area (Å²) in [6.07, 6.45) is -9.71. The van der Waals surface area contributed by atoms with Gasteiger partial charge in [-0.05, 0) is 17.7 Å². The Morgan fingerprint density at radius 1 is 1.04 bits per heavy atom. The zero-order valence-electron chi connectivity index (χ0n) is 13.1. The van der Waals surface area contributed by atoms with Gasteiger partial charge < -0.3 is 10.1 Å². The molecule has 0 aliphatic carbocycles. The van der Waals surface area contributed by atoms with Crippen LogP contribution in [0.15, 0.2) is 18.2 Å². The van der Waals surface area contributed by atoms with Gasteiger partial charge in [0.2, 0.25) is 0 Å². The Balaban J connectivity index is 0.00000288. The van der Waals surface area contributed by atoms with Gasteiger partial charge in [-0.1, -0.05) is 6.07 Å². The molecule has 1 aromatic carbocycles. The average Bonchev–Trinajstić information content (AvgIpc) is 2.46. The normalized spacial score (nSPS) is 17.2. The number of methoxy groups -OCH3 is 1. The lowest BCUT2D eigenvalue weighted by molar-refractivity contribution is -0.190. The van der Waals surface area contributed by atoms with Crippen molar-refractivity contribution in [1.29, 1.82) is 0 Å². The maximum Gasteiger partial charge on any atom is 0.416 e. The second-order valence-electron chi connectivity index (χ2n) is 5.18. The van der Waals surface area contributed by atoms with Crippen LogP contribution < -0.4 is 10.1 Å². The molecule has 1 aromatic rings. The summed E-state index contributed by atoms with van der Waals surface area (Å²) in [5.41, 5.74) is -2.12. The summed E-state index contributed by atoms with van der Waals surface area (Å²) in [4.78, 5) is 1.02. The van der Waals surface area contributed by atoms with Crippen molar-refractivity contribution in [2.24, 2.45) is 0 Å². The van der Waals surface area contributed by atoms with Gasteiger partial charge in [0.05, 0.1) is 12.7 Å². The number of ether oxygens (including phenoxy) is 1. The van der Waals surface area contributed by atoms with Gasteiger partial charge in [-0.3, -0.25) is 4.90 Å². The maximum atomic E-state index is 13.5. The SMILES string of the molecule is COc1ccc([C@H](N2CCNCC2)C(F)(F)F)c(C(F)(F)F)c1.Cl.Cl. The molecule has 2 rings (SSSR count). The molecule has 0 aromatic heterocycles. The number of benzene rings is 1. The first-order valence-corrected chi connectivity index (χ1v) is 6.91. The van der Waals surface area contributed by atoms with Crippen molar-refractivity contribution in [3.63, 3.8) is 0 Å². The molecule has 0 amide bonds. The Hall–Kier alpha value is -0.900. The molecule has 1 aliphatic rings. The largest absolute Gasteiger partial charge is 0.497 e. The minimum atomic E-state index is -4.90. The Morgan fingerprint density at radius 2 is 1.60 bits per heavy atom. The molecule has 11 heteroatoms. The van der Waals surface area contributed by atoms with Gasteiger partial charge >= 0.3 is 12.4 Å². The van der Waals surface area contributed by atoms with E-state index in [1.807, 2.05) is 0 Å². The molecule has 1 aliphatic heterocycles. The first-order valence-electron chi connectivity index (χ1n) is 6.91. The topological polar surface area (TPSA) is 24.5 Å². The van der Waals surface area contributed by atoms with E-state index in [2.05, 4.69) is 5.32 Å². The van der Waals surface area contributed by atoms with Crippen molar-refractivity contribution in [3.05, 3.63) is 29.3 Å². The second kappa shape index (κ2) is 9.16. The Kier molecular flexibility index (Phi) is 8.83. The summed E-state index contributed by atoms with van der Waals surface area (Å²) in [6, 6.07) is 0.274. The van der Waals surface area contributed by atoms with E-state index in [0.29, 0.717) is 19.2 Å². The number of nitrogens with zero attached hydrogens (tertiary/aromatic N) is 1. The molecule has 1 saturated heterocycles. The number of piperazine rings is 1. The van der Waals surface area contributed by atoms with Gasteiger partial charge in [0.25, 0.3) is 0 Å². The van der Waals surface area contributed by atoms with E-state index < -0.39 is 29.5 Å². The molecule has 25 heavy (non-hydrogen) atoms. The molecule has 0 radical (unpaired) electrons. The van der Waals surface area contributed by atoms with Crippen LogP contribution in [0, 0.1) is 0 Å². The van der Waals surface area contributed by atoms with Crippen LogP contribution in [0.5, 0.6) is 5.75 Å². The molecule has 1 N–H and O–H groups in total. The molecule has 146 valence electrons. The van der Waals surface area contributed by atoms with Crippen molar-refractivity contribution in [2.45, 2.75) is 18.4 Å². The maximum absolute atomic E-state index is 13.5. The fourth-order valence-electron chi connectivity index (χ4n) is 2.67. The lowest BCUT2D eigenvalue weighted by atomic mass is 9.97. The molecule has 0 saturated carbocycles. The van der Waals surface area contributed by atoms with Crippen LogP contribution in [-0.4, -0.2) is 44.4 Å². The second-order valence-corrected chi connectivity index (χ2v) is 5.18. The lowest BCUT2D eigenvalue weighted by Gasteiger charge is -2.37. The van der Waals surface area contributed by atoms with Crippen LogP contribution >= 0.6 is 24.8 Å². The molecular formula is C14H18Cl2F6N2O. The van der Waals surface area contributed by atoms with E-state index in [4.69, 9.17) is 4.74 Å². The van der Waals surface area contributed by atoms with Gasteiger partial charge in [-0.25, -0.2) is 0 Å². The molecule has 0 bridgehead atoms. The van der Waals surface area contributed by atoms with E-state index in [9.17, 15) is 26.3 Å². The van der Waals surface area contributed by atoms with E-state index >= 15 is 0 Å². The van der Waals surface area contributed by atoms with Crippen LogP contribution in [0.2, 0.25) is 0 Å². The molecule has 3 nitrogen and oxygen atoms in total. The highest BCUT2D eigenvalue weighted by Crippen LogP contribution is 2.44. The summed E-state index contributed by atoms with van der Waals surface area (Å²) < 4.78 is 84.8. The zero-order valence-corrected chi connectivity index (χ0v) is 14.7. The van der Waals surface area contributed by atoms with Crippen molar-refractivity contribution >= 4 is 24.8 Å². The van der Waals surface area contributed by atoms with E-state index in [-0.39, 0.29) is 43.7 Å². The number of rotatable bonds is 3. The molecule has 1 heterocycles. The first-order chi connectivity index (χ1) is 10.6. The van der Waals surface area contributed by atoms with Crippen LogP contribution in [-0.2, 0) is 6.18 Å². The van der Waals surface area contributed by atoms with Gasteiger partial charge in [0.15, 0.2) is 0 Å². The molecular weight excluding hydrogens is 397 g/mol. The molecule has 1 fully saturated rings. The first kappa shape index (κ1) is 24.1. The van der Waals surface area contributed by atoms with Crippen LogP contribution in [0.25, 0.3) is 0 Å². The van der Waals surface area contributed by atoms with Crippen molar-refractivity contribution in [2.75, 3.05) is 33.3 Å². The van der Waals surface area contributed by atoms with E-state index in [1.165, 1.54) is 0 Å². The molecule has 1 atom stereocenters. The quantitative estimate of drug-likeness (QED) is 0.754. The van der Waals surface area contributed by atoms with Crippen molar-refractivity contribution in [1.82, 2.24) is 10.2 Å². The number of alkyl halides is 6. The third kappa shape index (κ3) is 5.80. The fourth-order valence-corrected chi connectivity index (χ4v) is 2.67. The minimum Gasteiger partial charge on any atom is -0.497 e. The standard InChI is InChI=1S/C14H16F6N2O.2ClH/c1-23-9-2-3-10(11(8-9)13(15,16)17)12(14(18,19)20)22-6-4-21-5-7-22;;/h2-3,8,12,21H,4-7H2,1H3;2*1H/t12-;;/m0../s1. The smallest absolute Gasteiger partial charge is 0.416 e.